The van der Waals surface area contributed by atoms with Gasteiger partial charge in [0.2, 0.25) is 0 Å². The number of para-hydroxylation sites is 1. The zero-order valence-corrected chi connectivity index (χ0v) is 19.7. The zero-order chi connectivity index (χ0) is 19.5. The number of nitrogens with one attached hydrogen (secondary N) is 1. The summed E-state index contributed by atoms with van der Waals surface area (Å²) in [7, 11) is 2.04. The Morgan fingerprint density at radius 2 is 2.04 bits per heavy atom. The lowest BCUT2D eigenvalue weighted by Crippen LogP contribution is -2.42. The summed E-state index contributed by atoms with van der Waals surface area (Å²) >= 11 is 0. The van der Waals surface area contributed by atoms with Crippen LogP contribution < -0.4 is 10.1 Å². The Bertz CT molecular complexity index is 689. The Balaban J connectivity index is 0.00000392. The van der Waals surface area contributed by atoms with Crippen LogP contribution >= 0.6 is 24.0 Å². The molecule has 0 radical (unpaired) electrons. The van der Waals surface area contributed by atoms with Crippen molar-refractivity contribution < 1.29 is 4.74 Å². The van der Waals surface area contributed by atoms with Crippen molar-refractivity contribution in [1.82, 2.24) is 25.0 Å². The van der Waals surface area contributed by atoms with Gasteiger partial charge in [0.15, 0.2) is 5.96 Å². The largest absolute Gasteiger partial charge is 0.492 e. The second-order valence-electron chi connectivity index (χ2n) is 6.86. The van der Waals surface area contributed by atoms with Crippen LogP contribution in [0.2, 0.25) is 0 Å². The quantitative estimate of drug-likeness (QED) is 0.309. The van der Waals surface area contributed by atoms with Crippen LogP contribution in [0.5, 0.6) is 5.75 Å². The van der Waals surface area contributed by atoms with Crippen LogP contribution in [-0.2, 0) is 13.0 Å². The summed E-state index contributed by atoms with van der Waals surface area (Å²) < 4.78 is 7.88. The van der Waals surface area contributed by atoms with Crippen molar-refractivity contribution >= 4 is 29.9 Å². The third-order valence-electron chi connectivity index (χ3n) is 4.05. The first-order chi connectivity index (χ1) is 13.1. The van der Waals surface area contributed by atoms with Gasteiger partial charge in [0.25, 0.3) is 0 Å². The Morgan fingerprint density at radius 1 is 1.29 bits per heavy atom. The lowest BCUT2D eigenvalue weighted by Gasteiger charge is -2.23. The van der Waals surface area contributed by atoms with E-state index in [0.717, 1.165) is 50.1 Å². The van der Waals surface area contributed by atoms with Gasteiger partial charge in [-0.1, -0.05) is 39.0 Å². The van der Waals surface area contributed by atoms with E-state index in [4.69, 9.17) is 9.73 Å². The van der Waals surface area contributed by atoms with Crippen LogP contribution in [0.1, 0.15) is 26.6 Å². The molecule has 0 atom stereocenters. The van der Waals surface area contributed by atoms with Crippen LogP contribution in [0.15, 0.2) is 41.7 Å². The molecule has 0 spiro atoms. The minimum atomic E-state index is 0. The maximum Gasteiger partial charge on any atom is 0.193 e. The minimum absolute atomic E-state index is 0. The predicted molar refractivity (Wildman–Crippen MR) is 125 cm³/mol. The molecule has 1 aromatic heterocycles. The van der Waals surface area contributed by atoms with E-state index in [0.29, 0.717) is 12.5 Å². The Morgan fingerprint density at radius 3 is 2.71 bits per heavy atom. The molecule has 1 heterocycles. The molecule has 0 bridgehead atoms. The van der Waals surface area contributed by atoms with E-state index >= 15 is 0 Å². The highest BCUT2D eigenvalue weighted by Crippen LogP contribution is 2.07. The molecular weight excluding hydrogens is 467 g/mol. The third kappa shape index (κ3) is 8.45. The van der Waals surface area contributed by atoms with Crippen LogP contribution in [0, 0.1) is 5.92 Å². The Hall–Kier alpha value is -1.84. The minimum Gasteiger partial charge on any atom is -0.492 e. The molecule has 1 aromatic carbocycles. The Labute approximate surface area is 185 Å². The topological polar surface area (TPSA) is 67.6 Å². The maximum absolute atomic E-state index is 5.80. The molecule has 0 aliphatic heterocycles. The van der Waals surface area contributed by atoms with Crippen LogP contribution in [-0.4, -0.2) is 58.9 Å². The van der Waals surface area contributed by atoms with Crippen molar-refractivity contribution in [1.29, 1.82) is 0 Å². The first kappa shape index (κ1) is 24.2. The number of hydrogen-bond acceptors (Lipinski definition) is 4. The van der Waals surface area contributed by atoms with Gasteiger partial charge >= 0.3 is 0 Å². The van der Waals surface area contributed by atoms with Gasteiger partial charge in [-0.25, -0.2) is 0 Å². The fourth-order valence-corrected chi connectivity index (χ4v) is 2.53. The van der Waals surface area contributed by atoms with Crippen LogP contribution in [0.4, 0.5) is 0 Å². The van der Waals surface area contributed by atoms with Gasteiger partial charge < -0.3 is 19.5 Å². The average molecular weight is 500 g/mol. The highest BCUT2D eigenvalue weighted by Gasteiger charge is 2.08. The SMILES string of the molecule is CCc1nncn1CCNC(=NCC(C)C)N(C)CCOc1ccccc1.I. The number of aryl methyl sites for hydroxylation is 1. The molecule has 0 aliphatic carbocycles. The van der Waals surface area contributed by atoms with Crippen molar-refractivity contribution in [2.24, 2.45) is 10.9 Å². The number of guanidine groups is 1. The molecule has 0 fully saturated rings. The summed E-state index contributed by atoms with van der Waals surface area (Å²) in [5.74, 6) is 3.30. The van der Waals surface area contributed by atoms with E-state index in [1.807, 2.05) is 37.4 Å². The van der Waals surface area contributed by atoms with E-state index in [2.05, 4.69) is 45.8 Å². The van der Waals surface area contributed by atoms with E-state index in [1.54, 1.807) is 6.33 Å². The summed E-state index contributed by atoms with van der Waals surface area (Å²) in [4.78, 5) is 6.85. The maximum atomic E-state index is 5.80. The molecule has 0 aliphatic rings. The first-order valence-corrected chi connectivity index (χ1v) is 9.64. The predicted octanol–water partition coefficient (Wildman–Crippen LogP) is 3.07. The van der Waals surface area contributed by atoms with Gasteiger partial charge in [0, 0.05) is 33.1 Å². The van der Waals surface area contributed by atoms with Crippen LogP contribution in [0.25, 0.3) is 0 Å². The number of aliphatic imine (C=N–C) groups is 1. The van der Waals surface area contributed by atoms with Crippen molar-refractivity contribution in [2.75, 3.05) is 33.3 Å². The standard InChI is InChI=1S/C20H32N6O.HI/c1-5-19-24-23-16-26(19)12-11-21-20(22-15-17(2)3)25(4)13-14-27-18-9-7-6-8-10-18;/h6-10,16-17H,5,11-15H2,1-4H3,(H,21,22);1H. The number of rotatable bonds is 10. The third-order valence-corrected chi connectivity index (χ3v) is 4.05. The van der Waals surface area contributed by atoms with E-state index < -0.39 is 0 Å². The summed E-state index contributed by atoms with van der Waals surface area (Å²) in [6, 6.07) is 9.88. The number of halogens is 1. The number of benzene rings is 1. The summed E-state index contributed by atoms with van der Waals surface area (Å²) in [5.41, 5.74) is 0. The highest BCUT2D eigenvalue weighted by atomic mass is 127. The fraction of sp³-hybridized carbons (Fsp3) is 0.550. The van der Waals surface area contributed by atoms with Crippen molar-refractivity contribution in [3.05, 3.63) is 42.5 Å². The number of aromatic nitrogens is 3. The molecule has 156 valence electrons. The van der Waals surface area contributed by atoms with Crippen molar-refractivity contribution in [3.63, 3.8) is 0 Å². The molecule has 7 nitrogen and oxygen atoms in total. The van der Waals surface area contributed by atoms with Crippen molar-refractivity contribution in [3.8, 4) is 5.75 Å². The molecule has 2 aromatic rings. The normalized spacial score (nSPS) is 11.2. The zero-order valence-electron chi connectivity index (χ0n) is 17.3. The molecule has 28 heavy (non-hydrogen) atoms. The second-order valence-corrected chi connectivity index (χ2v) is 6.86. The van der Waals surface area contributed by atoms with Crippen molar-refractivity contribution in [2.45, 2.75) is 33.7 Å². The number of likely N-dealkylation sites (N-methyl/N-ethyl adjacent to an activating group) is 1. The molecule has 0 amide bonds. The number of ether oxygens (including phenoxy) is 1. The van der Waals surface area contributed by atoms with E-state index in [-0.39, 0.29) is 24.0 Å². The number of hydrogen-bond donors (Lipinski definition) is 1. The van der Waals surface area contributed by atoms with Gasteiger partial charge in [-0.15, -0.1) is 34.2 Å². The lowest BCUT2D eigenvalue weighted by atomic mass is 10.2. The first-order valence-electron chi connectivity index (χ1n) is 9.64. The second kappa shape index (κ2) is 13.4. The Kier molecular flexibility index (Phi) is 11.5. The molecule has 0 unspecified atom stereocenters. The molecule has 8 heteroatoms. The van der Waals surface area contributed by atoms with Gasteiger partial charge in [-0.2, -0.15) is 0 Å². The fourth-order valence-electron chi connectivity index (χ4n) is 2.53. The molecule has 1 N–H and O–H groups in total. The van der Waals surface area contributed by atoms with Crippen LogP contribution in [0.3, 0.4) is 0 Å². The highest BCUT2D eigenvalue weighted by molar-refractivity contribution is 14.0. The van der Waals surface area contributed by atoms with E-state index in [9.17, 15) is 0 Å². The monoisotopic (exact) mass is 500 g/mol. The van der Waals surface area contributed by atoms with Gasteiger partial charge in [0.05, 0.1) is 6.54 Å². The molecule has 2 rings (SSSR count). The number of nitrogens with zero attached hydrogens (tertiary/aromatic N) is 5. The summed E-state index contributed by atoms with van der Waals surface area (Å²) in [5, 5.41) is 11.6. The average Bonchev–Trinajstić information content (AvgIpc) is 3.12. The molecule has 0 saturated heterocycles. The summed E-state index contributed by atoms with van der Waals surface area (Å²) in [6.45, 7) is 10.2. The van der Waals surface area contributed by atoms with E-state index in [1.165, 1.54) is 0 Å². The smallest absolute Gasteiger partial charge is 0.193 e. The van der Waals surface area contributed by atoms with Gasteiger partial charge in [-0.3, -0.25) is 4.99 Å². The summed E-state index contributed by atoms with van der Waals surface area (Å²) in [6.07, 6.45) is 2.66. The molecular formula is C20H33IN6O. The molecule has 0 saturated carbocycles. The van der Waals surface area contributed by atoms with Gasteiger partial charge in [-0.05, 0) is 18.1 Å². The van der Waals surface area contributed by atoms with Gasteiger partial charge in [0.1, 0.15) is 24.5 Å². The lowest BCUT2D eigenvalue weighted by molar-refractivity contribution is 0.281.